The van der Waals surface area contributed by atoms with E-state index < -0.39 is 6.04 Å². The first-order valence-electron chi connectivity index (χ1n) is 11.5. The Kier molecular flexibility index (Phi) is 5.62. The summed E-state index contributed by atoms with van der Waals surface area (Å²) in [5.74, 6) is 0.555. The number of hydrogen-bond donors (Lipinski definition) is 2. The summed E-state index contributed by atoms with van der Waals surface area (Å²) in [7, 11) is 1.64. The predicted octanol–water partition coefficient (Wildman–Crippen LogP) is 3.74. The van der Waals surface area contributed by atoms with Crippen molar-refractivity contribution in [1.82, 2.24) is 14.8 Å². The highest BCUT2D eigenvalue weighted by molar-refractivity contribution is 5.88. The number of carbonyl (C=O) groups is 1. The van der Waals surface area contributed by atoms with Gasteiger partial charge in [0.2, 0.25) is 5.91 Å². The molecule has 2 aliphatic heterocycles. The van der Waals surface area contributed by atoms with Crippen LogP contribution in [0.25, 0.3) is 10.9 Å². The van der Waals surface area contributed by atoms with Gasteiger partial charge >= 0.3 is 0 Å². The van der Waals surface area contributed by atoms with E-state index in [1.54, 1.807) is 20.1 Å². The van der Waals surface area contributed by atoms with Crippen molar-refractivity contribution in [3.8, 4) is 5.75 Å². The maximum atomic E-state index is 14.2. The van der Waals surface area contributed by atoms with Crippen LogP contribution in [-0.4, -0.2) is 59.1 Å². The second kappa shape index (κ2) is 8.47. The number of aromatic amines is 1. The number of benzene rings is 2. The van der Waals surface area contributed by atoms with Crippen molar-refractivity contribution in [1.29, 1.82) is 0 Å². The molecular formula is C26H30FN3O3. The van der Waals surface area contributed by atoms with Gasteiger partial charge in [-0.3, -0.25) is 9.69 Å². The predicted molar refractivity (Wildman–Crippen MR) is 125 cm³/mol. The zero-order valence-electron chi connectivity index (χ0n) is 19.1. The molecule has 6 nitrogen and oxygen atoms in total. The lowest BCUT2D eigenvalue weighted by Gasteiger charge is -2.50. The van der Waals surface area contributed by atoms with Crippen LogP contribution in [0, 0.1) is 5.82 Å². The van der Waals surface area contributed by atoms with E-state index in [0.717, 1.165) is 48.3 Å². The van der Waals surface area contributed by atoms with Crippen LogP contribution in [-0.2, 0) is 16.8 Å². The molecule has 2 aromatic carbocycles. The molecule has 3 aromatic rings. The average molecular weight is 452 g/mol. The van der Waals surface area contributed by atoms with Gasteiger partial charge in [-0.2, -0.15) is 0 Å². The SMILES string of the molecule is COc1ccc2c3c([nH]c2c1)[C@H](CO)N(C(C)=O)CC31CCN(Cc2ccccc2F)CC1. The number of halogens is 1. The highest BCUT2D eigenvalue weighted by Gasteiger charge is 2.48. The number of methoxy groups -OCH3 is 1. The quantitative estimate of drug-likeness (QED) is 0.634. The maximum Gasteiger partial charge on any atom is 0.220 e. The zero-order valence-corrected chi connectivity index (χ0v) is 19.1. The van der Waals surface area contributed by atoms with Crippen LogP contribution in [0.4, 0.5) is 4.39 Å². The molecule has 1 aromatic heterocycles. The highest BCUT2D eigenvalue weighted by Crippen LogP contribution is 2.49. The molecule has 0 radical (unpaired) electrons. The molecule has 0 bridgehead atoms. The number of aliphatic hydroxyl groups is 1. The van der Waals surface area contributed by atoms with Gasteiger partial charge in [0, 0.05) is 53.7 Å². The first kappa shape index (κ1) is 21.9. The van der Waals surface area contributed by atoms with Crippen LogP contribution >= 0.6 is 0 Å². The fourth-order valence-electron chi connectivity index (χ4n) is 5.75. The Bertz CT molecular complexity index is 1180. The number of rotatable bonds is 4. The van der Waals surface area contributed by atoms with E-state index in [1.165, 1.54) is 11.6 Å². The van der Waals surface area contributed by atoms with Crippen molar-refractivity contribution in [3.05, 3.63) is 65.1 Å². The van der Waals surface area contributed by atoms with E-state index in [2.05, 4.69) is 16.0 Å². The Morgan fingerprint density at radius 2 is 2.00 bits per heavy atom. The maximum absolute atomic E-state index is 14.2. The molecule has 3 heterocycles. The van der Waals surface area contributed by atoms with Gasteiger partial charge in [0.25, 0.3) is 0 Å². The summed E-state index contributed by atoms with van der Waals surface area (Å²) < 4.78 is 19.6. The standard InChI is InChI=1S/C26H30FN3O3/c1-17(32)30-16-26(9-11-29(12-10-26)14-18-5-3-4-6-21(18)27)24-20-8-7-19(33-2)13-22(20)28-25(24)23(30)15-31/h3-8,13,23,28,31H,9-12,14-16H2,1-2H3/t23-/m0/s1. The van der Waals surface area contributed by atoms with Crippen LogP contribution in [0.1, 0.15) is 42.6 Å². The van der Waals surface area contributed by atoms with Crippen LogP contribution in [0.3, 0.4) is 0 Å². The van der Waals surface area contributed by atoms with E-state index in [4.69, 9.17) is 4.74 Å². The molecule has 0 unspecified atom stereocenters. The molecular weight excluding hydrogens is 421 g/mol. The summed E-state index contributed by atoms with van der Waals surface area (Å²) in [5.41, 5.74) is 3.58. The van der Waals surface area contributed by atoms with Gasteiger partial charge in [-0.1, -0.05) is 18.2 Å². The number of nitrogens with one attached hydrogen (secondary N) is 1. The lowest BCUT2D eigenvalue weighted by atomic mass is 9.68. The average Bonchev–Trinajstić information content (AvgIpc) is 3.21. The molecule has 1 saturated heterocycles. The number of aromatic nitrogens is 1. The molecule has 2 aliphatic rings. The minimum atomic E-state index is -0.391. The molecule has 0 saturated carbocycles. The third-order valence-corrected chi connectivity index (χ3v) is 7.49. The van der Waals surface area contributed by atoms with Gasteiger partial charge in [-0.05, 0) is 49.7 Å². The lowest BCUT2D eigenvalue weighted by molar-refractivity contribution is -0.135. The van der Waals surface area contributed by atoms with Crippen LogP contribution in [0.5, 0.6) is 5.75 Å². The number of H-pyrrole nitrogens is 1. The topological polar surface area (TPSA) is 68.8 Å². The minimum absolute atomic E-state index is 0.0379. The van der Waals surface area contributed by atoms with Crippen molar-refractivity contribution >= 4 is 16.8 Å². The van der Waals surface area contributed by atoms with Gasteiger partial charge in [0.15, 0.2) is 0 Å². The largest absolute Gasteiger partial charge is 0.497 e. The second-order valence-electron chi connectivity index (χ2n) is 9.32. The summed E-state index contributed by atoms with van der Waals surface area (Å²) in [6.07, 6.45) is 1.71. The molecule has 7 heteroatoms. The Labute approximate surface area is 193 Å². The number of amides is 1. The highest BCUT2D eigenvalue weighted by atomic mass is 19.1. The summed E-state index contributed by atoms with van der Waals surface area (Å²) in [6.45, 7) is 4.22. The van der Waals surface area contributed by atoms with Gasteiger partial charge in [-0.15, -0.1) is 0 Å². The smallest absolute Gasteiger partial charge is 0.220 e. The summed E-state index contributed by atoms with van der Waals surface area (Å²) in [4.78, 5) is 20.2. The molecule has 174 valence electrons. The molecule has 1 fully saturated rings. The number of carbonyl (C=O) groups excluding carboxylic acids is 1. The number of aliphatic hydroxyl groups excluding tert-OH is 1. The van der Waals surface area contributed by atoms with Gasteiger partial charge < -0.3 is 19.7 Å². The zero-order chi connectivity index (χ0) is 23.2. The Hall–Kier alpha value is -2.90. The minimum Gasteiger partial charge on any atom is -0.497 e. The van der Waals surface area contributed by atoms with E-state index in [0.29, 0.717) is 18.7 Å². The van der Waals surface area contributed by atoms with E-state index in [9.17, 15) is 14.3 Å². The van der Waals surface area contributed by atoms with E-state index >= 15 is 0 Å². The monoisotopic (exact) mass is 451 g/mol. The molecule has 0 aliphatic carbocycles. The molecule has 1 amide bonds. The Morgan fingerprint density at radius 3 is 2.67 bits per heavy atom. The van der Waals surface area contributed by atoms with Crippen LogP contribution < -0.4 is 4.74 Å². The number of likely N-dealkylation sites (tertiary alicyclic amines) is 1. The Morgan fingerprint density at radius 1 is 1.24 bits per heavy atom. The first-order valence-corrected chi connectivity index (χ1v) is 11.5. The lowest BCUT2D eigenvalue weighted by Crippen LogP contribution is -2.54. The number of ether oxygens (including phenoxy) is 1. The molecule has 5 rings (SSSR count). The summed E-state index contributed by atoms with van der Waals surface area (Å²) in [6, 6.07) is 12.6. The number of fused-ring (bicyclic) bond motifs is 4. The Balaban J connectivity index is 1.52. The van der Waals surface area contributed by atoms with Crippen LogP contribution in [0.2, 0.25) is 0 Å². The third kappa shape index (κ3) is 3.69. The van der Waals surface area contributed by atoms with Crippen molar-refractivity contribution in [2.75, 3.05) is 33.4 Å². The number of nitrogens with zero attached hydrogens (tertiary/aromatic N) is 2. The normalized spacial score (nSPS) is 20.2. The number of piperidine rings is 1. The third-order valence-electron chi connectivity index (χ3n) is 7.49. The second-order valence-corrected chi connectivity index (χ2v) is 9.32. The van der Waals surface area contributed by atoms with Gasteiger partial charge in [0.1, 0.15) is 11.6 Å². The van der Waals surface area contributed by atoms with Gasteiger partial charge in [0.05, 0.1) is 19.8 Å². The van der Waals surface area contributed by atoms with Crippen molar-refractivity contribution < 1.29 is 19.0 Å². The molecule has 33 heavy (non-hydrogen) atoms. The van der Waals surface area contributed by atoms with Crippen LogP contribution in [0.15, 0.2) is 42.5 Å². The fraction of sp³-hybridized carbons (Fsp3) is 0.423. The molecule has 1 spiro atoms. The summed E-state index contributed by atoms with van der Waals surface area (Å²) >= 11 is 0. The van der Waals surface area contributed by atoms with E-state index in [1.807, 2.05) is 29.2 Å². The molecule has 1 atom stereocenters. The number of hydrogen-bond acceptors (Lipinski definition) is 4. The molecule has 2 N–H and O–H groups in total. The van der Waals surface area contributed by atoms with Crippen molar-refractivity contribution in [2.45, 2.75) is 37.8 Å². The van der Waals surface area contributed by atoms with Crippen molar-refractivity contribution in [3.63, 3.8) is 0 Å². The van der Waals surface area contributed by atoms with E-state index in [-0.39, 0.29) is 23.7 Å². The fourth-order valence-corrected chi connectivity index (χ4v) is 5.75. The summed E-state index contributed by atoms with van der Waals surface area (Å²) in [5, 5.41) is 11.3. The van der Waals surface area contributed by atoms with Crippen molar-refractivity contribution in [2.24, 2.45) is 0 Å². The van der Waals surface area contributed by atoms with Gasteiger partial charge in [-0.25, -0.2) is 4.39 Å². The first-order chi connectivity index (χ1) is 16.0.